The van der Waals surface area contributed by atoms with Crippen molar-refractivity contribution < 1.29 is 9.59 Å². The Morgan fingerprint density at radius 3 is 2.44 bits per heavy atom. The molecule has 3 amide bonds. The molecule has 0 radical (unpaired) electrons. The van der Waals surface area contributed by atoms with Gasteiger partial charge >= 0.3 is 6.03 Å². The molecular formula is C20H21N3O2. The summed E-state index contributed by atoms with van der Waals surface area (Å²) in [4.78, 5) is 26.6. The quantitative estimate of drug-likeness (QED) is 0.880. The number of carbonyl (C=O) groups is 2. The van der Waals surface area contributed by atoms with E-state index in [9.17, 15) is 9.59 Å². The molecule has 5 nitrogen and oxygen atoms in total. The topological polar surface area (TPSA) is 61.4 Å². The molecule has 2 N–H and O–H groups in total. The molecule has 2 aromatic carbocycles. The monoisotopic (exact) mass is 335 g/mol. The lowest BCUT2D eigenvalue weighted by Gasteiger charge is -2.34. The molecule has 2 aliphatic rings. The maximum atomic E-state index is 12.4. The molecule has 1 saturated heterocycles. The van der Waals surface area contributed by atoms with E-state index in [1.165, 1.54) is 0 Å². The van der Waals surface area contributed by atoms with Crippen molar-refractivity contribution in [3.05, 3.63) is 60.2 Å². The van der Waals surface area contributed by atoms with E-state index < -0.39 is 0 Å². The van der Waals surface area contributed by atoms with E-state index >= 15 is 0 Å². The van der Waals surface area contributed by atoms with E-state index in [1.54, 1.807) is 0 Å². The molecule has 0 spiro atoms. The van der Waals surface area contributed by atoms with Crippen LogP contribution in [0.1, 0.15) is 24.3 Å². The van der Waals surface area contributed by atoms with Crippen LogP contribution >= 0.6 is 0 Å². The molecule has 25 heavy (non-hydrogen) atoms. The third-order valence-electron chi connectivity index (χ3n) is 5.16. The minimum atomic E-state index is -0.0875. The van der Waals surface area contributed by atoms with Gasteiger partial charge in [0, 0.05) is 24.5 Å². The zero-order valence-electron chi connectivity index (χ0n) is 13.9. The van der Waals surface area contributed by atoms with Crippen LogP contribution in [0.15, 0.2) is 54.6 Å². The minimum absolute atomic E-state index is 0.0686. The maximum Gasteiger partial charge on any atom is 0.321 e. The number of fused-ring (bicyclic) bond motifs is 1. The second-order valence-electron chi connectivity index (χ2n) is 6.67. The van der Waals surface area contributed by atoms with E-state index in [-0.39, 0.29) is 23.8 Å². The normalized spacial score (nSPS) is 20.1. The molecule has 0 saturated carbocycles. The number of hydrogen-bond acceptors (Lipinski definition) is 2. The Bertz CT molecular complexity index is 783. The lowest BCUT2D eigenvalue weighted by molar-refractivity contribution is -0.118. The van der Waals surface area contributed by atoms with Crippen molar-refractivity contribution >= 4 is 23.3 Å². The first-order chi connectivity index (χ1) is 12.2. The molecule has 0 aliphatic carbocycles. The summed E-state index contributed by atoms with van der Waals surface area (Å²) >= 11 is 0. The van der Waals surface area contributed by atoms with E-state index in [2.05, 4.69) is 10.6 Å². The Morgan fingerprint density at radius 1 is 1.00 bits per heavy atom. The number of para-hydroxylation sites is 2. The van der Waals surface area contributed by atoms with Crippen LogP contribution in [0.25, 0.3) is 0 Å². The molecule has 5 heteroatoms. The summed E-state index contributed by atoms with van der Waals surface area (Å²) in [5.74, 6) is 0.286. The number of amides is 3. The van der Waals surface area contributed by atoms with Crippen molar-refractivity contribution in [1.29, 1.82) is 0 Å². The van der Waals surface area contributed by atoms with Crippen molar-refractivity contribution in [2.24, 2.45) is 5.92 Å². The third-order valence-corrected chi connectivity index (χ3v) is 5.16. The third kappa shape index (κ3) is 3.09. The highest BCUT2D eigenvalue weighted by molar-refractivity contribution is 6.03. The summed E-state index contributed by atoms with van der Waals surface area (Å²) in [5.41, 5.74) is 2.83. The Morgan fingerprint density at radius 2 is 1.68 bits per heavy atom. The highest BCUT2D eigenvalue weighted by atomic mass is 16.2. The second-order valence-corrected chi connectivity index (χ2v) is 6.67. The van der Waals surface area contributed by atoms with Gasteiger partial charge in [-0.15, -0.1) is 0 Å². The summed E-state index contributed by atoms with van der Waals surface area (Å²) in [6, 6.07) is 17.3. The van der Waals surface area contributed by atoms with Gasteiger partial charge in [0.25, 0.3) is 0 Å². The Hall–Kier alpha value is -2.82. The molecule has 2 heterocycles. The maximum absolute atomic E-state index is 12.4. The molecule has 2 aliphatic heterocycles. The first kappa shape index (κ1) is 15.7. The number of carbonyl (C=O) groups excluding carboxylic acids is 2. The van der Waals surface area contributed by atoms with Gasteiger partial charge in [0.2, 0.25) is 5.91 Å². The SMILES string of the molecule is O=C1Nc2ccccc2C1C1CCN(C(=O)Nc2ccccc2)CC1. The van der Waals surface area contributed by atoms with Crippen molar-refractivity contribution in [3.8, 4) is 0 Å². The fraction of sp³-hybridized carbons (Fsp3) is 0.300. The minimum Gasteiger partial charge on any atom is -0.325 e. The zero-order valence-corrected chi connectivity index (χ0v) is 13.9. The lowest BCUT2D eigenvalue weighted by Crippen LogP contribution is -2.42. The molecule has 4 rings (SSSR count). The van der Waals surface area contributed by atoms with Crippen LogP contribution in [0.2, 0.25) is 0 Å². The molecule has 0 aromatic heterocycles. The van der Waals surface area contributed by atoms with Crippen molar-refractivity contribution in [3.63, 3.8) is 0 Å². The summed E-state index contributed by atoms with van der Waals surface area (Å²) in [5, 5.41) is 5.91. The molecule has 128 valence electrons. The van der Waals surface area contributed by atoms with Crippen LogP contribution in [-0.2, 0) is 4.79 Å². The lowest BCUT2D eigenvalue weighted by atomic mass is 9.81. The number of likely N-dealkylation sites (tertiary alicyclic amines) is 1. The van der Waals surface area contributed by atoms with Gasteiger partial charge in [-0.25, -0.2) is 4.79 Å². The van der Waals surface area contributed by atoms with Crippen molar-refractivity contribution in [2.45, 2.75) is 18.8 Å². The number of urea groups is 1. The smallest absolute Gasteiger partial charge is 0.321 e. The zero-order chi connectivity index (χ0) is 17.2. The number of nitrogens with one attached hydrogen (secondary N) is 2. The summed E-state index contributed by atoms with van der Waals surface area (Å²) in [6.45, 7) is 1.35. The van der Waals surface area contributed by atoms with Gasteiger partial charge < -0.3 is 15.5 Å². The first-order valence-corrected chi connectivity index (χ1v) is 8.73. The molecule has 0 bridgehead atoms. The predicted octanol–water partition coefficient (Wildman–Crippen LogP) is 3.67. The number of benzene rings is 2. The van der Waals surface area contributed by atoms with Crippen LogP contribution < -0.4 is 10.6 Å². The number of nitrogens with zero attached hydrogens (tertiary/aromatic N) is 1. The Labute approximate surface area is 147 Å². The number of rotatable bonds is 2. The Balaban J connectivity index is 1.39. The summed E-state index contributed by atoms with van der Waals surface area (Å²) in [6.07, 6.45) is 1.68. The largest absolute Gasteiger partial charge is 0.325 e. The van der Waals surface area contributed by atoms with Crippen LogP contribution in [0.4, 0.5) is 16.2 Å². The Kier molecular flexibility index (Phi) is 4.14. The van der Waals surface area contributed by atoms with Crippen molar-refractivity contribution in [2.75, 3.05) is 23.7 Å². The van der Waals surface area contributed by atoms with Crippen LogP contribution in [0, 0.1) is 5.92 Å². The fourth-order valence-corrected chi connectivity index (χ4v) is 3.86. The summed E-state index contributed by atoms with van der Waals surface area (Å²) < 4.78 is 0. The predicted molar refractivity (Wildman–Crippen MR) is 97.6 cm³/mol. The van der Waals surface area contributed by atoms with Gasteiger partial charge in [-0.2, -0.15) is 0 Å². The number of anilines is 2. The van der Waals surface area contributed by atoms with Crippen LogP contribution in [0.5, 0.6) is 0 Å². The molecule has 1 fully saturated rings. The average Bonchev–Trinajstić information content (AvgIpc) is 2.98. The highest BCUT2D eigenvalue weighted by Gasteiger charge is 2.38. The van der Waals surface area contributed by atoms with E-state index in [4.69, 9.17) is 0 Å². The highest BCUT2D eigenvalue weighted by Crippen LogP contribution is 2.41. The summed E-state index contributed by atoms with van der Waals surface area (Å²) in [7, 11) is 0. The standard InChI is InChI=1S/C20H21N3O2/c24-19-18(16-8-4-5-9-17(16)22-19)14-10-12-23(13-11-14)20(25)21-15-6-2-1-3-7-15/h1-9,14,18H,10-13H2,(H,21,25)(H,22,24). The molecule has 1 atom stereocenters. The van der Waals surface area contributed by atoms with Crippen LogP contribution in [-0.4, -0.2) is 29.9 Å². The average molecular weight is 335 g/mol. The fourth-order valence-electron chi connectivity index (χ4n) is 3.86. The van der Waals surface area contributed by atoms with E-state index in [0.717, 1.165) is 29.8 Å². The van der Waals surface area contributed by atoms with Gasteiger partial charge in [-0.1, -0.05) is 36.4 Å². The van der Waals surface area contributed by atoms with Gasteiger partial charge in [0.15, 0.2) is 0 Å². The van der Waals surface area contributed by atoms with Gasteiger partial charge in [-0.05, 0) is 42.5 Å². The van der Waals surface area contributed by atoms with Crippen molar-refractivity contribution in [1.82, 2.24) is 4.90 Å². The number of hydrogen-bond donors (Lipinski definition) is 2. The van der Waals surface area contributed by atoms with Crippen LogP contribution in [0.3, 0.4) is 0 Å². The molecule has 1 unspecified atom stereocenters. The molecular weight excluding hydrogens is 314 g/mol. The second kappa shape index (κ2) is 6.59. The van der Waals surface area contributed by atoms with E-state index in [1.807, 2.05) is 59.5 Å². The number of piperidine rings is 1. The van der Waals surface area contributed by atoms with Gasteiger partial charge in [0.1, 0.15) is 0 Å². The molecule has 2 aromatic rings. The van der Waals surface area contributed by atoms with Gasteiger partial charge in [0.05, 0.1) is 5.92 Å². The van der Waals surface area contributed by atoms with Gasteiger partial charge in [-0.3, -0.25) is 4.79 Å². The first-order valence-electron chi connectivity index (χ1n) is 8.73. The van der Waals surface area contributed by atoms with E-state index in [0.29, 0.717) is 13.1 Å².